The highest BCUT2D eigenvalue weighted by molar-refractivity contribution is 6.30. The Hall–Kier alpha value is -1.66. The molecule has 0 heterocycles. The molecule has 4 heteroatoms. The van der Waals surface area contributed by atoms with Gasteiger partial charge in [-0.1, -0.05) is 23.6 Å². The molecule has 1 aromatic rings. The summed E-state index contributed by atoms with van der Waals surface area (Å²) in [4.78, 5) is 12.1. The predicted molar refractivity (Wildman–Crippen MR) is 60.3 cm³/mol. The first-order valence-electron chi connectivity index (χ1n) is 4.31. The average Bonchev–Trinajstić information content (AvgIpc) is 2.18. The van der Waals surface area contributed by atoms with E-state index in [1.54, 1.807) is 31.2 Å². The summed E-state index contributed by atoms with van der Waals surface area (Å²) in [7, 11) is 0. The molecule has 78 valence electrons. The lowest BCUT2D eigenvalue weighted by Gasteiger charge is -2.16. The molecule has 0 saturated carbocycles. The molecule has 1 amide bonds. The molecule has 0 fully saturated rings. The van der Waals surface area contributed by atoms with Gasteiger partial charge >= 0.3 is 6.09 Å². The Morgan fingerprint density at radius 2 is 2.33 bits per heavy atom. The largest absolute Gasteiger partial charge is 0.465 e. The van der Waals surface area contributed by atoms with Crippen molar-refractivity contribution >= 4 is 23.4 Å². The summed E-state index contributed by atoms with van der Waals surface area (Å²) >= 11 is 5.77. The van der Waals surface area contributed by atoms with Crippen molar-refractivity contribution in [2.75, 3.05) is 11.4 Å². The molecule has 0 unspecified atom stereocenters. The normalized spacial score (nSPS) is 8.93. The van der Waals surface area contributed by atoms with Crippen molar-refractivity contribution in [1.82, 2.24) is 0 Å². The lowest BCUT2D eigenvalue weighted by atomic mass is 10.3. The maximum Gasteiger partial charge on any atom is 0.412 e. The topological polar surface area (TPSA) is 40.5 Å². The Labute approximate surface area is 93.3 Å². The highest BCUT2D eigenvalue weighted by Gasteiger charge is 2.12. The number of benzene rings is 1. The highest BCUT2D eigenvalue weighted by atomic mass is 35.5. The minimum atomic E-state index is -1.04. The summed E-state index contributed by atoms with van der Waals surface area (Å²) in [5, 5.41) is 9.46. The predicted octanol–water partition coefficient (Wildman–Crippen LogP) is 2.85. The molecule has 0 radical (unpaired) electrons. The van der Waals surface area contributed by atoms with Gasteiger partial charge in [0.2, 0.25) is 0 Å². The molecule has 1 aromatic carbocycles. The van der Waals surface area contributed by atoms with Crippen LogP contribution < -0.4 is 4.90 Å². The smallest absolute Gasteiger partial charge is 0.412 e. The molecule has 0 aliphatic heterocycles. The van der Waals surface area contributed by atoms with E-state index in [1.807, 2.05) is 0 Å². The number of nitrogens with zero attached hydrogens (tertiary/aromatic N) is 1. The van der Waals surface area contributed by atoms with E-state index in [0.29, 0.717) is 10.7 Å². The van der Waals surface area contributed by atoms with Gasteiger partial charge in [-0.3, -0.25) is 4.90 Å². The van der Waals surface area contributed by atoms with Crippen molar-refractivity contribution in [3.63, 3.8) is 0 Å². The molecule has 0 aromatic heterocycles. The molecule has 0 bridgehead atoms. The maximum atomic E-state index is 10.9. The van der Waals surface area contributed by atoms with Crippen molar-refractivity contribution < 1.29 is 9.90 Å². The maximum absolute atomic E-state index is 10.9. The van der Waals surface area contributed by atoms with Gasteiger partial charge in [0.25, 0.3) is 0 Å². The van der Waals surface area contributed by atoms with Crippen molar-refractivity contribution in [2.45, 2.75) is 6.92 Å². The van der Waals surface area contributed by atoms with Crippen LogP contribution in [0.5, 0.6) is 0 Å². The Balaban J connectivity index is 2.97. The second kappa shape index (κ2) is 5.28. The Bertz CT molecular complexity index is 420. The zero-order valence-corrected chi connectivity index (χ0v) is 8.95. The van der Waals surface area contributed by atoms with E-state index in [2.05, 4.69) is 11.8 Å². The van der Waals surface area contributed by atoms with Crippen LogP contribution >= 0.6 is 11.6 Å². The van der Waals surface area contributed by atoms with Gasteiger partial charge in [0.15, 0.2) is 0 Å². The lowest BCUT2D eigenvalue weighted by molar-refractivity contribution is 0.202. The average molecular weight is 224 g/mol. The standard InChI is InChI=1S/C11H10ClNO2/c1-2-3-7-13(11(14)15)10-6-4-5-9(12)8-10/h4-6,8H,7H2,1H3,(H,14,15). The van der Waals surface area contributed by atoms with Crippen molar-refractivity contribution in [3.8, 4) is 11.8 Å². The van der Waals surface area contributed by atoms with Gasteiger partial charge in [0, 0.05) is 10.7 Å². The molecule has 0 atom stereocenters. The van der Waals surface area contributed by atoms with Crippen LogP contribution in [0.25, 0.3) is 0 Å². The molecule has 0 saturated heterocycles. The molecule has 1 N–H and O–H groups in total. The van der Waals surface area contributed by atoms with E-state index in [0.717, 1.165) is 4.90 Å². The van der Waals surface area contributed by atoms with Crippen molar-refractivity contribution in [1.29, 1.82) is 0 Å². The molecule has 1 rings (SSSR count). The number of amides is 1. The van der Waals surface area contributed by atoms with Gasteiger partial charge in [0.05, 0.1) is 6.54 Å². The van der Waals surface area contributed by atoms with Crippen LogP contribution in [-0.2, 0) is 0 Å². The van der Waals surface area contributed by atoms with Crippen LogP contribution in [-0.4, -0.2) is 17.7 Å². The molecule has 0 aliphatic rings. The molecule has 3 nitrogen and oxygen atoms in total. The third kappa shape index (κ3) is 3.19. The van der Waals surface area contributed by atoms with Gasteiger partial charge < -0.3 is 5.11 Å². The van der Waals surface area contributed by atoms with Gasteiger partial charge in [-0.25, -0.2) is 4.79 Å². The number of halogens is 1. The summed E-state index contributed by atoms with van der Waals surface area (Å²) in [5.41, 5.74) is 0.526. The molecule has 0 aliphatic carbocycles. The van der Waals surface area contributed by atoms with Crippen LogP contribution in [0.2, 0.25) is 5.02 Å². The molecule has 15 heavy (non-hydrogen) atoms. The van der Waals surface area contributed by atoms with Crippen LogP contribution in [0.15, 0.2) is 24.3 Å². The van der Waals surface area contributed by atoms with Gasteiger partial charge in [-0.2, -0.15) is 0 Å². The fraction of sp³-hybridized carbons (Fsp3) is 0.182. The van der Waals surface area contributed by atoms with E-state index < -0.39 is 6.09 Å². The lowest BCUT2D eigenvalue weighted by Crippen LogP contribution is -2.29. The van der Waals surface area contributed by atoms with Crippen molar-refractivity contribution in [2.24, 2.45) is 0 Å². The van der Waals surface area contributed by atoms with E-state index in [1.165, 1.54) is 0 Å². The summed E-state index contributed by atoms with van der Waals surface area (Å²) in [6, 6.07) is 6.66. The molecular formula is C11H10ClNO2. The molecule has 0 spiro atoms. The number of hydrogen-bond donors (Lipinski definition) is 1. The number of carboxylic acid groups (broad SMARTS) is 1. The number of anilines is 1. The number of hydrogen-bond acceptors (Lipinski definition) is 1. The zero-order valence-electron chi connectivity index (χ0n) is 8.20. The minimum absolute atomic E-state index is 0.145. The third-order valence-corrected chi connectivity index (χ3v) is 2.00. The van der Waals surface area contributed by atoms with Gasteiger partial charge in [0.1, 0.15) is 0 Å². The highest BCUT2D eigenvalue weighted by Crippen LogP contribution is 2.19. The van der Waals surface area contributed by atoms with E-state index in [4.69, 9.17) is 16.7 Å². The summed E-state index contributed by atoms with van der Waals surface area (Å²) in [6.07, 6.45) is -1.04. The summed E-state index contributed by atoms with van der Waals surface area (Å²) < 4.78 is 0. The quantitative estimate of drug-likeness (QED) is 0.784. The Kier molecular flexibility index (Phi) is 4.02. The van der Waals surface area contributed by atoms with Crippen LogP contribution in [0.4, 0.5) is 10.5 Å². The second-order valence-electron chi connectivity index (χ2n) is 2.78. The number of carbonyl (C=O) groups is 1. The SMILES string of the molecule is CC#CCN(C(=O)O)c1cccc(Cl)c1. The van der Waals surface area contributed by atoms with Crippen molar-refractivity contribution in [3.05, 3.63) is 29.3 Å². The minimum Gasteiger partial charge on any atom is -0.465 e. The summed E-state index contributed by atoms with van der Waals surface area (Å²) in [5.74, 6) is 5.35. The van der Waals surface area contributed by atoms with E-state index in [-0.39, 0.29) is 6.54 Å². The first-order valence-corrected chi connectivity index (χ1v) is 4.68. The second-order valence-corrected chi connectivity index (χ2v) is 3.21. The van der Waals surface area contributed by atoms with Crippen LogP contribution in [0.3, 0.4) is 0 Å². The fourth-order valence-corrected chi connectivity index (χ4v) is 1.26. The first kappa shape index (κ1) is 11.4. The van der Waals surface area contributed by atoms with E-state index >= 15 is 0 Å². The summed E-state index contributed by atoms with van der Waals surface area (Å²) in [6.45, 7) is 1.81. The Morgan fingerprint density at radius 3 is 2.87 bits per heavy atom. The van der Waals surface area contributed by atoms with Crippen LogP contribution in [0.1, 0.15) is 6.92 Å². The monoisotopic (exact) mass is 223 g/mol. The molecular weight excluding hydrogens is 214 g/mol. The Morgan fingerprint density at radius 1 is 1.60 bits per heavy atom. The fourth-order valence-electron chi connectivity index (χ4n) is 1.07. The van der Waals surface area contributed by atoms with Gasteiger partial charge in [-0.15, -0.1) is 5.92 Å². The van der Waals surface area contributed by atoms with Gasteiger partial charge in [-0.05, 0) is 25.1 Å². The van der Waals surface area contributed by atoms with E-state index in [9.17, 15) is 4.79 Å². The number of rotatable bonds is 2. The van der Waals surface area contributed by atoms with Crippen LogP contribution in [0, 0.1) is 11.8 Å². The zero-order chi connectivity index (χ0) is 11.3. The third-order valence-electron chi connectivity index (χ3n) is 1.76. The first-order chi connectivity index (χ1) is 7.15.